The SMILES string of the molecule is C=CCNC(=O)NC1CCCCC1N. The monoisotopic (exact) mass is 197 g/mol. The van der Waals surface area contributed by atoms with Gasteiger partial charge in [-0.05, 0) is 12.8 Å². The predicted molar refractivity (Wildman–Crippen MR) is 57.0 cm³/mol. The lowest BCUT2D eigenvalue weighted by Gasteiger charge is -2.29. The molecule has 0 radical (unpaired) electrons. The van der Waals surface area contributed by atoms with Crippen molar-refractivity contribution in [1.82, 2.24) is 10.6 Å². The van der Waals surface area contributed by atoms with Gasteiger partial charge in [0.2, 0.25) is 0 Å². The van der Waals surface area contributed by atoms with Gasteiger partial charge in [0.25, 0.3) is 0 Å². The minimum atomic E-state index is -0.146. The molecule has 0 aromatic heterocycles. The van der Waals surface area contributed by atoms with E-state index >= 15 is 0 Å². The van der Waals surface area contributed by atoms with Gasteiger partial charge < -0.3 is 16.4 Å². The quantitative estimate of drug-likeness (QED) is 0.584. The van der Waals surface area contributed by atoms with E-state index < -0.39 is 0 Å². The lowest BCUT2D eigenvalue weighted by atomic mass is 9.91. The Hall–Kier alpha value is -1.03. The Bertz CT molecular complexity index is 206. The van der Waals surface area contributed by atoms with Crippen molar-refractivity contribution >= 4 is 6.03 Å². The number of hydrogen-bond acceptors (Lipinski definition) is 2. The van der Waals surface area contributed by atoms with E-state index in [4.69, 9.17) is 5.73 Å². The van der Waals surface area contributed by atoms with Gasteiger partial charge in [-0.2, -0.15) is 0 Å². The summed E-state index contributed by atoms with van der Waals surface area (Å²) in [5.74, 6) is 0. The Kier molecular flexibility index (Phi) is 4.46. The van der Waals surface area contributed by atoms with Gasteiger partial charge in [-0.1, -0.05) is 18.9 Å². The Balaban J connectivity index is 2.27. The fourth-order valence-corrected chi connectivity index (χ4v) is 1.72. The van der Waals surface area contributed by atoms with E-state index in [2.05, 4.69) is 17.2 Å². The molecule has 2 atom stereocenters. The molecule has 1 rings (SSSR count). The largest absolute Gasteiger partial charge is 0.335 e. The number of carbonyl (C=O) groups excluding carboxylic acids is 1. The van der Waals surface area contributed by atoms with E-state index in [1.807, 2.05) is 0 Å². The zero-order chi connectivity index (χ0) is 10.4. The molecule has 2 unspecified atom stereocenters. The van der Waals surface area contributed by atoms with Crippen molar-refractivity contribution in [3.63, 3.8) is 0 Å². The van der Waals surface area contributed by atoms with Gasteiger partial charge in [-0.25, -0.2) is 4.79 Å². The third-order valence-corrected chi connectivity index (χ3v) is 2.54. The molecule has 0 bridgehead atoms. The first-order valence-corrected chi connectivity index (χ1v) is 5.15. The van der Waals surface area contributed by atoms with Crippen molar-refractivity contribution in [2.24, 2.45) is 5.73 Å². The number of carbonyl (C=O) groups is 1. The van der Waals surface area contributed by atoms with E-state index in [9.17, 15) is 4.79 Å². The minimum absolute atomic E-state index is 0.109. The molecule has 0 saturated heterocycles. The maximum absolute atomic E-state index is 11.3. The molecular weight excluding hydrogens is 178 g/mol. The molecule has 0 aliphatic heterocycles. The molecule has 0 spiro atoms. The average molecular weight is 197 g/mol. The van der Waals surface area contributed by atoms with E-state index in [-0.39, 0.29) is 18.1 Å². The van der Waals surface area contributed by atoms with Gasteiger partial charge in [-0.15, -0.1) is 6.58 Å². The van der Waals surface area contributed by atoms with Gasteiger partial charge >= 0.3 is 6.03 Å². The van der Waals surface area contributed by atoms with Crippen LogP contribution in [0.2, 0.25) is 0 Å². The van der Waals surface area contributed by atoms with Gasteiger partial charge in [0.15, 0.2) is 0 Å². The summed E-state index contributed by atoms with van der Waals surface area (Å²) in [6.07, 6.45) is 5.98. The first-order chi connectivity index (χ1) is 6.74. The van der Waals surface area contributed by atoms with Crippen molar-refractivity contribution < 1.29 is 4.79 Å². The summed E-state index contributed by atoms with van der Waals surface area (Å²) in [4.78, 5) is 11.3. The molecule has 80 valence electrons. The lowest BCUT2D eigenvalue weighted by Crippen LogP contribution is -2.52. The summed E-state index contributed by atoms with van der Waals surface area (Å²) in [6.45, 7) is 4.02. The summed E-state index contributed by atoms with van der Waals surface area (Å²) < 4.78 is 0. The third-order valence-electron chi connectivity index (χ3n) is 2.54. The third kappa shape index (κ3) is 3.38. The van der Waals surface area contributed by atoms with Crippen LogP contribution in [0, 0.1) is 0 Å². The zero-order valence-corrected chi connectivity index (χ0v) is 8.46. The van der Waals surface area contributed by atoms with Crippen LogP contribution in [0.4, 0.5) is 4.79 Å². The van der Waals surface area contributed by atoms with Crippen molar-refractivity contribution in [3.05, 3.63) is 12.7 Å². The zero-order valence-electron chi connectivity index (χ0n) is 8.46. The predicted octanol–water partition coefficient (Wildman–Crippen LogP) is 0.741. The first-order valence-electron chi connectivity index (χ1n) is 5.15. The Morgan fingerprint density at radius 2 is 2.21 bits per heavy atom. The van der Waals surface area contributed by atoms with Crippen LogP contribution in [0.25, 0.3) is 0 Å². The maximum atomic E-state index is 11.3. The molecule has 0 aromatic carbocycles. The summed E-state index contributed by atoms with van der Waals surface area (Å²) >= 11 is 0. The summed E-state index contributed by atoms with van der Waals surface area (Å²) in [7, 11) is 0. The maximum Gasteiger partial charge on any atom is 0.315 e. The number of amides is 2. The van der Waals surface area contributed by atoms with Crippen LogP contribution in [-0.2, 0) is 0 Å². The average Bonchev–Trinajstić information content (AvgIpc) is 2.18. The van der Waals surface area contributed by atoms with Crippen LogP contribution in [0.1, 0.15) is 25.7 Å². The summed E-state index contributed by atoms with van der Waals surface area (Å²) in [5, 5.41) is 5.56. The second-order valence-corrected chi connectivity index (χ2v) is 3.70. The fraction of sp³-hybridized carbons (Fsp3) is 0.700. The summed E-state index contributed by atoms with van der Waals surface area (Å²) in [6, 6.07) is 0.0963. The molecule has 0 aromatic rings. The second kappa shape index (κ2) is 5.65. The molecule has 1 saturated carbocycles. The molecule has 2 amide bonds. The number of hydrogen-bond donors (Lipinski definition) is 3. The molecule has 1 aliphatic rings. The van der Waals surface area contributed by atoms with E-state index in [0.717, 1.165) is 19.3 Å². The highest BCUT2D eigenvalue weighted by Crippen LogP contribution is 2.16. The number of nitrogens with one attached hydrogen (secondary N) is 2. The Morgan fingerprint density at radius 1 is 1.50 bits per heavy atom. The molecule has 1 aliphatic carbocycles. The van der Waals surface area contributed by atoms with Crippen LogP contribution < -0.4 is 16.4 Å². The molecule has 1 fully saturated rings. The number of urea groups is 1. The van der Waals surface area contributed by atoms with Gasteiger partial charge in [-0.3, -0.25) is 0 Å². The van der Waals surface area contributed by atoms with Crippen molar-refractivity contribution in [1.29, 1.82) is 0 Å². The van der Waals surface area contributed by atoms with Crippen LogP contribution in [0.15, 0.2) is 12.7 Å². The van der Waals surface area contributed by atoms with Crippen LogP contribution in [0.3, 0.4) is 0 Å². The van der Waals surface area contributed by atoms with Crippen molar-refractivity contribution in [3.8, 4) is 0 Å². The minimum Gasteiger partial charge on any atom is -0.335 e. The fourth-order valence-electron chi connectivity index (χ4n) is 1.72. The normalized spacial score (nSPS) is 26.6. The second-order valence-electron chi connectivity index (χ2n) is 3.70. The van der Waals surface area contributed by atoms with Gasteiger partial charge in [0, 0.05) is 18.6 Å². The first kappa shape index (κ1) is 11.0. The van der Waals surface area contributed by atoms with E-state index in [1.54, 1.807) is 6.08 Å². The highest BCUT2D eigenvalue weighted by Gasteiger charge is 2.22. The molecule has 4 heteroatoms. The van der Waals surface area contributed by atoms with Gasteiger partial charge in [0.05, 0.1) is 0 Å². The topological polar surface area (TPSA) is 67.2 Å². The molecule has 4 N–H and O–H groups in total. The Labute approximate surface area is 84.9 Å². The number of rotatable bonds is 3. The van der Waals surface area contributed by atoms with Crippen LogP contribution >= 0.6 is 0 Å². The smallest absolute Gasteiger partial charge is 0.315 e. The van der Waals surface area contributed by atoms with Crippen molar-refractivity contribution in [2.75, 3.05) is 6.54 Å². The number of nitrogens with two attached hydrogens (primary N) is 1. The molecule has 4 nitrogen and oxygen atoms in total. The van der Waals surface area contributed by atoms with Crippen molar-refractivity contribution in [2.45, 2.75) is 37.8 Å². The van der Waals surface area contributed by atoms with Crippen LogP contribution in [-0.4, -0.2) is 24.7 Å². The van der Waals surface area contributed by atoms with Crippen LogP contribution in [0.5, 0.6) is 0 Å². The molecule has 0 heterocycles. The highest BCUT2D eigenvalue weighted by molar-refractivity contribution is 5.74. The lowest BCUT2D eigenvalue weighted by molar-refractivity contribution is 0.230. The van der Waals surface area contributed by atoms with E-state index in [1.165, 1.54) is 6.42 Å². The summed E-state index contributed by atoms with van der Waals surface area (Å²) in [5.41, 5.74) is 5.89. The van der Waals surface area contributed by atoms with E-state index in [0.29, 0.717) is 6.54 Å². The highest BCUT2D eigenvalue weighted by atomic mass is 16.2. The standard InChI is InChI=1S/C10H19N3O/c1-2-7-12-10(14)13-9-6-4-3-5-8(9)11/h2,8-9H,1,3-7,11H2,(H2,12,13,14). The Morgan fingerprint density at radius 3 is 2.86 bits per heavy atom. The van der Waals surface area contributed by atoms with Gasteiger partial charge in [0.1, 0.15) is 0 Å². The molecule has 14 heavy (non-hydrogen) atoms. The molecular formula is C10H19N3O.